The van der Waals surface area contributed by atoms with Gasteiger partial charge in [-0.3, -0.25) is 9.78 Å². The standard InChI is InChI=1S/C18H22F3N5OS/c19-18(20,21)11-3-6-22-12(8-11)14-10(2-1-5-23-14)9-26-13-4-7-24-15(13)16(27)25-17(26)28/h1-2,5,11-13,15,22,24H,3-4,6-9H2,(H,25,27,28)/t11-,12-,13?,15?/m1/s1. The molecule has 152 valence electrons. The quantitative estimate of drug-likeness (QED) is 0.655. The molecule has 0 spiro atoms. The summed E-state index contributed by atoms with van der Waals surface area (Å²) in [7, 11) is 0. The van der Waals surface area contributed by atoms with Gasteiger partial charge in [-0.15, -0.1) is 0 Å². The Balaban J connectivity index is 1.56. The lowest BCUT2D eigenvalue weighted by Crippen LogP contribution is -2.63. The first-order valence-electron chi connectivity index (χ1n) is 9.43. The van der Waals surface area contributed by atoms with Gasteiger partial charge in [-0.25, -0.2) is 0 Å². The summed E-state index contributed by atoms with van der Waals surface area (Å²) in [5.41, 5.74) is 1.45. The number of halogens is 3. The van der Waals surface area contributed by atoms with E-state index in [-0.39, 0.29) is 30.8 Å². The van der Waals surface area contributed by atoms with Crippen LogP contribution in [0.25, 0.3) is 0 Å². The number of alkyl halides is 3. The Morgan fingerprint density at radius 1 is 1.25 bits per heavy atom. The summed E-state index contributed by atoms with van der Waals surface area (Å²) in [6, 6.07) is 2.81. The molecule has 3 saturated heterocycles. The van der Waals surface area contributed by atoms with Gasteiger partial charge in [0.2, 0.25) is 5.91 Å². The molecule has 0 radical (unpaired) electrons. The Morgan fingerprint density at radius 3 is 2.82 bits per heavy atom. The van der Waals surface area contributed by atoms with Crippen molar-refractivity contribution in [1.29, 1.82) is 0 Å². The number of carbonyl (C=O) groups excluding carboxylic acids is 1. The van der Waals surface area contributed by atoms with Crippen LogP contribution in [-0.2, 0) is 11.3 Å². The molecule has 6 nitrogen and oxygen atoms in total. The van der Waals surface area contributed by atoms with Crippen LogP contribution in [0.5, 0.6) is 0 Å². The maximum atomic E-state index is 13.2. The molecule has 0 aromatic carbocycles. The van der Waals surface area contributed by atoms with Crippen LogP contribution in [-0.4, -0.2) is 52.3 Å². The lowest BCUT2D eigenvalue weighted by molar-refractivity contribution is -0.183. The summed E-state index contributed by atoms with van der Waals surface area (Å²) in [6.07, 6.45) is -1.75. The maximum absolute atomic E-state index is 13.2. The first-order chi connectivity index (χ1) is 13.3. The predicted molar refractivity (Wildman–Crippen MR) is 100 cm³/mol. The smallest absolute Gasteiger partial charge is 0.339 e. The largest absolute Gasteiger partial charge is 0.391 e. The van der Waals surface area contributed by atoms with E-state index in [9.17, 15) is 18.0 Å². The zero-order valence-corrected chi connectivity index (χ0v) is 15.9. The average Bonchev–Trinajstić information content (AvgIpc) is 3.15. The molecule has 10 heteroatoms. The summed E-state index contributed by atoms with van der Waals surface area (Å²) in [6.45, 7) is 1.43. The van der Waals surface area contributed by atoms with Crippen LogP contribution in [0.3, 0.4) is 0 Å². The third-order valence-corrected chi connectivity index (χ3v) is 6.16. The van der Waals surface area contributed by atoms with Crippen molar-refractivity contribution in [2.75, 3.05) is 13.1 Å². The monoisotopic (exact) mass is 413 g/mol. The predicted octanol–water partition coefficient (Wildman–Crippen LogP) is 1.63. The molecule has 0 saturated carbocycles. The molecule has 4 heterocycles. The maximum Gasteiger partial charge on any atom is 0.391 e. The zero-order chi connectivity index (χ0) is 19.9. The van der Waals surface area contributed by atoms with E-state index in [4.69, 9.17) is 12.2 Å². The molecular formula is C18H22F3N5OS. The van der Waals surface area contributed by atoms with Gasteiger partial charge in [0.05, 0.1) is 23.7 Å². The number of carbonyl (C=O) groups is 1. The molecule has 0 aliphatic carbocycles. The minimum atomic E-state index is -4.20. The SMILES string of the molecule is O=C1NC(=S)N(Cc2cccnc2[C@H]2C[C@H](C(F)(F)F)CCN2)C2CCNC12. The lowest BCUT2D eigenvalue weighted by Gasteiger charge is -2.39. The van der Waals surface area contributed by atoms with Gasteiger partial charge < -0.3 is 20.9 Å². The number of nitrogens with one attached hydrogen (secondary N) is 3. The van der Waals surface area contributed by atoms with Crippen molar-refractivity contribution in [2.45, 2.75) is 50.1 Å². The topological polar surface area (TPSA) is 69.3 Å². The van der Waals surface area contributed by atoms with Gasteiger partial charge >= 0.3 is 6.18 Å². The fourth-order valence-corrected chi connectivity index (χ4v) is 4.69. The fourth-order valence-electron chi connectivity index (χ4n) is 4.39. The van der Waals surface area contributed by atoms with E-state index in [1.165, 1.54) is 0 Å². The normalized spacial score (nSPS) is 30.9. The minimum Gasteiger partial charge on any atom is -0.339 e. The molecule has 3 fully saturated rings. The van der Waals surface area contributed by atoms with E-state index >= 15 is 0 Å². The van der Waals surface area contributed by atoms with Crippen molar-refractivity contribution in [3.63, 3.8) is 0 Å². The number of thiocarbonyl (C=S) groups is 1. The molecule has 1 amide bonds. The van der Waals surface area contributed by atoms with Gasteiger partial charge in [0.15, 0.2) is 5.11 Å². The van der Waals surface area contributed by atoms with Gasteiger partial charge in [0.1, 0.15) is 6.04 Å². The number of amides is 1. The van der Waals surface area contributed by atoms with Gasteiger partial charge in [0, 0.05) is 12.7 Å². The highest BCUT2D eigenvalue weighted by Crippen LogP contribution is 2.38. The second kappa shape index (κ2) is 7.57. The second-order valence-corrected chi connectivity index (χ2v) is 7.91. The molecule has 28 heavy (non-hydrogen) atoms. The van der Waals surface area contributed by atoms with E-state index in [0.29, 0.717) is 23.9 Å². The Bertz CT molecular complexity index is 774. The molecular weight excluding hydrogens is 391 g/mol. The second-order valence-electron chi connectivity index (χ2n) is 7.53. The summed E-state index contributed by atoms with van der Waals surface area (Å²) < 4.78 is 39.7. The lowest BCUT2D eigenvalue weighted by atomic mass is 9.88. The average molecular weight is 413 g/mol. The summed E-state index contributed by atoms with van der Waals surface area (Å²) >= 11 is 5.38. The van der Waals surface area contributed by atoms with Crippen molar-refractivity contribution in [3.8, 4) is 0 Å². The summed E-state index contributed by atoms with van der Waals surface area (Å²) in [5.74, 6) is -1.45. The molecule has 3 aliphatic heterocycles. The Labute approximate surface area is 166 Å². The Hall–Kier alpha value is -1.78. The van der Waals surface area contributed by atoms with Gasteiger partial charge in [0.25, 0.3) is 0 Å². The van der Waals surface area contributed by atoms with Crippen molar-refractivity contribution >= 4 is 23.2 Å². The van der Waals surface area contributed by atoms with E-state index in [2.05, 4.69) is 20.9 Å². The summed E-state index contributed by atoms with van der Waals surface area (Å²) in [5, 5.41) is 9.44. The van der Waals surface area contributed by atoms with E-state index in [0.717, 1.165) is 18.5 Å². The Kier molecular flexibility index (Phi) is 5.28. The highest BCUT2D eigenvalue weighted by atomic mass is 32.1. The van der Waals surface area contributed by atoms with Gasteiger partial charge in [-0.2, -0.15) is 13.2 Å². The van der Waals surface area contributed by atoms with Crippen LogP contribution >= 0.6 is 12.2 Å². The molecule has 4 atom stereocenters. The van der Waals surface area contributed by atoms with Crippen LogP contribution in [0, 0.1) is 5.92 Å². The zero-order valence-electron chi connectivity index (χ0n) is 15.1. The highest BCUT2D eigenvalue weighted by Gasteiger charge is 2.44. The Morgan fingerprint density at radius 2 is 2.04 bits per heavy atom. The number of hydrogen-bond acceptors (Lipinski definition) is 5. The van der Waals surface area contributed by atoms with Crippen LogP contribution in [0.4, 0.5) is 13.2 Å². The van der Waals surface area contributed by atoms with Crippen molar-refractivity contribution in [3.05, 3.63) is 29.6 Å². The molecule has 0 bridgehead atoms. The molecule has 3 aliphatic rings. The number of aromatic nitrogens is 1. The number of hydrogen-bond donors (Lipinski definition) is 3. The van der Waals surface area contributed by atoms with Gasteiger partial charge in [-0.05, 0) is 56.2 Å². The minimum absolute atomic E-state index is 0.0255. The van der Waals surface area contributed by atoms with Crippen LogP contribution < -0.4 is 16.0 Å². The van der Waals surface area contributed by atoms with E-state index < -0.39 is 18.1 Å². The van der Waals surface area contributed by atoms with Crippen LogP contribution in [0.1, 0.15) is 36.6 Å². The van der Waals surface area contributed by atoms with E-state index in [1.807, 2.05) is 11.0 Å². The molecule has 2 unspecified atom stereocenters. The van der Waals surface area contributed by atoms with Crippen LogP contribution in [0.15, 0.2) is 18.3 Å². The first kappa shape index (κ1) is 19.5. The van der Waals surface area contributed by atoms with E-state index in [1.54, 1.807) is 12.3 Å². The van der Waals surface area contributed by atoms with Gasteiger partial charge in [-0.1, -0.05) is 6.07 Å². The van der Waals surface area contributed by atoms with Crippen molar-refractivity contribution < 1.29 is 18.0 Å². The van der Waals surface area contributed by atoms with Crippen molar-refractivity contribution in [1.82, 2.24) is 25.8 Å². The first-order valence-corrected chi connectivity index (χ1v) is 9.84. The summed E-state index contributed by atoms with van der Waals surface area (Å²) in [4.78, 5) is 18.5. The number of pyridine rings is 1. The number of fused-ring (bicyclic) bond motifs is 1. The molecule has 3 N–H and O–H groups in total. The number of piperidine rings is 1. The number of nitrogens with zero attached hydrogens (tertiary/aromatic N) is 2. The third-order valence-electron chi connectivity index (χ3n) is 5.83. The molecule has 1 aromatic heterocycles. The number of rotatable bonds is 3. The molecule has 1 aromatic rings. The fraction of sp³-hybridized carbons (Fsp3) is 0.611. The highest BCUT2D eigenvalue weighted by molar-refractivity contribution is 7.80. The van der Waals surface area contributed by atoms with Crippen LogP contribution in [0.2, 0.25) is 0 Å². The van der Waals surface area contributed by atoms with Crippen molar-refractivity contribution in [2.24, 2.45) is 5.92 Å². The third kappa shape index (κ3) is 3.72. The molecule has 4 rings (SSSR count).